The zero-order chi connectivity index (χ0) is 11.5. The molecule has 2 nitrogen and oxygen atoms in total. The number of halogens is 1. The van der Waals surface area contributed by atoms with Crippen molar-refractivity contribution >= 4 is 27.3 Å². The molecular formula is C12H13BrN2S. The molecule has 0 saturated heterocycles. The predicted molar refractivity (Wildman–Crippen MR) is 71.6 cm³/mol. The van der Waals surface area contributed by atoms with Crippen LogP contribution in [-0.2, 0) is 6.42 Å². The molecule has 0 aromatic carbocycles. The van der Waals surface area contributed by atoms with E-state index in [0.29, 0.717) is 0 Å². The molecule has 0 aliphatic heterocycles. The zero-order valence-corrected chi connectivity index (χ0v) is 11.4. The molecule has 1 atom stereocenters. The number of hydrogen-bond acceptors (Lipinski definition) is 3. The summed E-state index contributed by atoms with van der Waals surface area (Å²) in [7, 11) is 0. The van der Waals surface area contributed by atoms with Crippen molar-refractivity contribution in [3.8, 4) is 0 Å². The summed E-state index contributed by atoms with van der Waals surface area (Å²) in [5.41, 5.74) is 8.53. The molecule has 2 aromatic rings. The molecule has 1 unspecified atom stereocenters. The minimum Gasteiger partial charge on any atom is -0.324 e. The van der Waals surface area contributed by atoms with E-state index in [0.717, 1.165) is 16.5 Å². The smallest absolute Gasteiger partial charge is 0.0362 e. The highest BCUT2D eigenvalue weighted by atomic mass is 79.9. The summed E-state index contributed by atoms with van der Waals surface area (Å²) in [6.45, 7) is 2.07. The van der Waals surface area contributed by atoms with Crippen LogP contribution in [0.1, 0.15) is 22.0 Å². The maximum atomic E-state index is 6.20. The maximum absolute atomic E-state index is 6.20. The van der Waals surface area contributed by atoms with Crippen LogP contribution in [0.5, 0.6) is 0 Å². The molecule has 0 amide bonds. The number of thiophene rings is 1. The topological polar surface area (TPSA) is 38.9 Å². The first kappa shape index (κ1) is 11.8. The van der Waals surface area contributed by atoms with Crippen LogP contribution in [-0.4, -0.2) is 4.98 Å². The van der Waals surface area contributed by atoms with Crippen molar-refractivity contribution in [3.05, 3.63) is 50.4 Å². The SMILES string of the molecule is Cc1ccncc1C(N)Cc1sccc1Br. The number of aromatic nitrogens is 1. The van der Waals surface area contributed by atoms with E-state index in [1.54, 1.807) is 17.5 Å². The van der Waals surface area contributed by atoms with Crippen LogP contribution in [0.4, 0.5) is 0 Å². The Labute approximate surface area is 108 Å². The molecular weight excluding hydrogens is 284 g/mol. The van der Waals surface area contributed by atoms with Crippen LogP contribution in [0.25, 0.3) is 0 Å². The van der Waals surface area contributed by atoms with Gasteiger partial charge in [0.25, 0.3) is 0 Å². The molecule has 0 saturated carbocycles. The van der Waals surface area contributed by atoms with Crippen LogP contribution >= 0.6 is 27.3 Å². The third-order valence-electron chi connectivity index (χ3n) is 2.58. The number of rotatable bonds is 3. The summed E-state index contributed by atoms with van der Waals surface area (Å²) < 4.78 is 1.15. The number of nitrogens with zero attached hydrogens (tertiary/aromatic N) is 1. The van der Waals surface area contributed by atoms with Gasteiger partial charge in [0.2, 0.25) is 0 Å². The lowest BCUT2D eigenvalue weighted by Crippen LogP contribution is -2.14. The Morgan fingerprint density at radius 2 is 2.31 bits per heavy atom. The van der Waals surface area contributed by atoms with Gasteiger partial charge in [-0.1, -0.05) is 0 Å². The molecule has 0 radical (unpaired) electrons. The Morgan fingerprint density at radius 3 is 2.94 bits per heavy atom. The van der Waals surface area contributed by atoms with E-state index in [9.17, 15) is 0 Å². The van der Waals surface area contributed by atoms with Crippen LogP contribution < -0.4 is 5.73 Å². The van der Waals surface area contributed by atoms with E-state index in [2.05, 4.69) is 39.3 Å². The van der Waals surface area contributed by atoms with Gasteiger partial charge in [0.15, 0.2) is 0 Å². The van der Waals surface area contributed by atoms with Crippen molar-refractivity contribution in [3.63, 3.8) is 0 Å². The van der Waals surface area contributed by atoms with E-state index in [1.807, 2.05) is 12.3 Å². The van der Waals surface area contributed by atoms with Crippen molar-refractivity contribution in [1.29, 1.82) is 0 Å². The molecule has 2 heterocycles. The first-order valence-corrected chi connectivity index (χ1v) is 6.73. The minimum absolute atomic E-state index is 0.0173. The Kier molecular flexibility index (Phi) is 3.74. The monoisotopic (exact) mass is 296 g/mol. The molecule has 2 rings (SSSR count). The first-order chi connectivity index (χ1) is 7.68. The standard InChI is InChI=1S/C12H13BrN2S/c1-8-2-4-15-7-9(8)11(14)6-12-10(13)3-5-16-12/h2-5,7,11H,6,14H2,1H3. The van der Waals surface area contributed by atoms with Crippen LogP contribution in [0.3, 0.4) is 0 Å². The van der Waals surface area contributed by atoms with E-state index < -0.39 is 0 Å². The number of hydrogen-bond donors (Lipinski definition) is 1. The quantitative estimate of drug-likeness (QED) is 0.942. The van der Waals surface area contributed by atoms with Gasteiger partial charge in [-0.2, -0.15) is 0 Å². The third kappa shape index (κ3) is 2.51. The van der Waals surface area contributed by atoms with E-state index in [4.69, 9.17) is 5.73 Å². The Morgan fingerprint density at radius 1 is 1.50 bits per heavy atom. The van der Waals surface area contributed by atoms with Gasteiger partial charge in [-0.25, -0.2) is 0 Å². The Balaban J connectivity index is 2.18. The van der Waals surface area contributed by atoms with Crippen LogP contribution in [0.15, 0.2) is 34.4 Å². The van der Waals surface area contributed by atoms with Crippen molar-refractivity contribution in [2.24, 2.45) is 5.73 Å². The summed E-state index contributed by atoms with van der Waals surface area (Å²) in [4.78, 5) is 5.42. The highest BCUT2D eigenvalue weighted by molar-refractivity contribution is 9.10. The van der Waals surface area contributed by atoms with E-state index >= 15 is 0 Å². The summed E-state index contributed by atoms with van der Waals surface area (Å²) in [6, 6.07) is 4.07. The molecule has 0 aliphatic carbocycles. The number of aryl methyl sites for hydroxylation is 1. The normalized spacial score (nSPS) is 12.7. The van der Waals surface area contributed by atoms with Crippen molar-refractivity contribution in [2.75, 3.05) is 0 Å². The van der Waals surface area contributed by atoms with Gasteiger partial charge in [0, 0.05) is 34.2 Å². The molecule has 2 N–H and O–H groups in total. The summed E-state index contributed by atoms with van der Waals surface area (Å²) >= 11 is 5.26. The van der Waals surface area contributed by atoms with Crippen molar-refractivity contribution < 1.29 is 0 Å². The van der Waals surface area contributed by atoms with Gasteiger partial charge in [-0.3, -0.25) is 4.98 Å². The number of pyridine rings is 1. The molecule has 84 valence electrons. The lowest BCUT2D eigenvalue weighted by atomic mass is 10.0. The molecule has 16 heavy (non-hydrogen) atoms. The first-order valence-electron chi connectivity index (χ1n) is 5.06. The summed E-state index contributed by atoms with van der Waals surface area (Å²) in [5.74, 6) is 0. The summed E-state index contributed by atoms with van der Waals surface area (Å²) in [6.07, 6.45) is 4.51. The lowest BCUT2D eigenvalue weighted by molar-refractivity contribution is 0.718. The van der Waals surface area contributed by atoms with Gasteiger partial charge >= 0.3 is 0 Å². The Bertz CT molecular complexity index is 481. The van der Waals surface area contributed by atoms with E-state index in [1.165, 1.54) is 10.4 Å². The van der Waals surface area contributed by atoms with Crippen molar-refractivity contribution in [1.82, 2.24) is 4.98 Å². The predicted octanol–water partition coefficient (Wildman–Crippen LogP) is 3.46. The van der Waals surface area contributed by atoms with E-state index in [-0.39, 0.29) is 6.04 Å². The van der Waals surface area contributed by atoms with Crippen molar-refractivity contribution in [2.45, 2.75) is 19.4 Å². The second-order valence-electron chi connectivity index (χ2n) is 3.73. The molecule has 0 spiro atoms. The van der Waals surface area contributed by atoms with Crippen LogP contribution in [0.2, 0.25) is 0 Å². The minimum atomic E-state index is 0.0173. The lowest BCUT2D eigenvalue weighted by Gasteiger charge is -2.13. The van der Waals surface area contributed by atoms with Gasteiger partial charge in [0.05, 0.1) is 0 Å². The molecule has 0 aliphatic rings. The second kappa shape index (κ2) is 5.08. The second-order valence-corrected chi connectivity index (χ2v) is 5.59. The largest absolute Gasteiger partial charge is 0.324 e. The van der Waals surface area contributed by atoms with Gasteiger partial charge in [-0.15, -0.1) is 11.3 Å². The zero-order valence-electron chi connectivity index (χ0n) is 8.98. The van der Waals surface area contributed by atoms with Gasteiger partial charge in [-0.05, 0) is 51.5 Å². The molecule has 0 bridgehead atoms. The highest BCUT2D eigenvalue weighted by Gasteiger charge is 2.12. The van der Waals surface area contributed by atoms with Gasteiger partial charge in [0.1, 0.15) is 0 Å². The fraction of sp³-hybridized carbons (Fsp3) is 0.250. The maximum Gasteiger partial charge on any atom is 0.0362 e. The fourth-order valence-corrected chi connectivity index (χ4v) is 3.22. The third-order valence-corrected chi connectivity index (χ3v) is 4.52. The summed E-state index contributed by atoms with van der Waals surface area (Å²) in [5, 5.41) is 2.07. The Hall–Kier alpha value is -0.710. The molecule has 0 fully saturated rings. The average molecular weight is 297 g/mol. The molecule has 2 aromatic heterocycles. The molecule has 4 heteroatoms. The fourth-order valence-electron chi connectivity index (χ4n) is 1.64. The van der Waals surface area contributed by atoms with Crippen LogP contribution in [0, 0.1) is 6.92 Å². The average Bonchev–Trinajstić information content (AvgIpc) is 2.65. The van der Waals surface area contributed by atoms with Gasteiger partial charge < -0.3 is 5.73 Å². The highest BCUT2D eigenvalue weighted by Crippen LogP contribution is 2.27. The number of nitrogens with two attached hydrogens (primary N) is 1.